The van der Waals surface area contributed by atoms with Gasteiger partial charge in [-0.05, 0) is 31.4 Å². The van der Waals surface area contributed by atoms with Gasteiger partial charge in [0.05, 0.1) is 0 Å². The van der Waals surface area contributed by atoms with E-state index in [0.717, 1.165) is 17.3 Å². The second-order valence-electron chi connectivity index (χ2n) is 6.39. The van der Waals surface area contributed by atoms with Crippen LogP contribution in [0.25, 0.3) is 0 Å². The summed E-state index contributed by atoms with van der Waals surface area (Å²) in [6.45, 7) is 6.93. The fourth-order valence-corrected chi connectivity index (χ4v) is 4.63. The lowest BCUT2D eigenvalue weighted by Gasteiger charge is -2.27. The monoisotopic (exact) mass is 299 g/mol. The Bertz CT molecular complexity index is 209. The zero-order valence-electron chi connectivity index (χ0n) is 14.1. The molecule has 0 aromatic rings. The molecule has 1 saturated carbocycles. The molecule has 0 saturated heterocycles. The van der Waals surface area contributed by atoms with Crippen molar-refractivity contribution >= 4 is 11.8 Å². The molecule has 0 aliphatic heterocycles. The highest BCUT2D eigenvalue weighted by atomic mass is 32.2. The highest BCUT2D eigenvalue weighted by molar-refractivity contribution is 7.99. The molecule has 1 fully saturated rings. The van der Waals surface area contributed by atoms with Gasteiger partial charge in [0.1, 0.15) is 0 Å². The van der Waals surface area contributed by atoms with E-state index in [0.29, 0.717) is 0 Å². The van der Waals surface area contributed by atoms with E-state index in [1.807, 2.05) is 0 Å². The molecule has 0 bridgehead atoms. The van der Waals surface area contributed by atoms with E-state index in [2.05, 4.69) is 37.8 Å². The molecule has 1 rings (SSSR count). The van der Waals surface area contributed by atoms with Gasteiger partial charge in [-0.2, -0.15) is 11.8 Å². The molecule has 0 heterocycles. The predicted molar refractivity (Wildman–Crippen MR) is 94.8 cm³/mol. The zero-order chi connectivity index (χ0) is 14.6. The van der Waals surface area contributed by atoms with Gasteiger partial charge in [-0.25, -0.2) is 0 Å². The van der Waals surface area contributed by atoms with E-state index in [-0.39, 0.29) is 0 Å². The van der Waals surface area contributed by atoms with Crippen LogP contribution in [-0.4, -0.2) is 23.1 Å². The van der Waals surface area contributed by atoms with Gasteiger partial charge in [0.25, 0.3) is 0 Å². The molecule has 0 aromatic carbocycles. The van der Waals surface area contributed by atoms with Crippen molar-refractivity contribution in [2.75, 3.05) is 5.75 Å². The van der Waals surface area contributed by atoms with E-state index in [1.54, 1.807) is 0 Å². The third-order valence-electron chi connectivity index (χ3n) is 4.60. The molecule has 1 aliphatic rings. The first-order chi connectivity index (χ1) is 9.81. The summed E-state index contributed by atoms with van der Waals surface area (Å²) in [5.41, 5.74) is 0. The van der Waals surface area contributed by atoms with Crippen molar-refractivity contribution in [2.24, 2.45) is 0 Å². The van der Waals surface area contributed by atoms with Crippen LogP contribution in [0.3, 0.4) is 0 Å². The molecule has 1 nitrogen and oxygen atoms in total. The van der Waals surface area contributed by atoms with Gasteiger partial charge in [0.15, 0.2) is 0 Å². The van der Waals surface area contributed by atoms with Gasteiger partial charge in [-0.3, -0.25) is 0 Å². The minimum Gasteiger partial charge on any atom is -0.310 e. The number of thioether (sulfide) groups is 1. The lowest BCUT2D eigenvalue weighted by molar-refractivity contribution is 0.374. The van der Waals surface area contributed by atoms with Crippen LogP contribution in [0.1, 0.15) is 91.4 Å². The van der Waals surface area contributed by atoms with E-state index in [9.17, 15) is 0 Å². The first-order valence-electron chi connectivity index (χ1n) is 9.19. The van der Waals surface area contributed by atoms with E-state index >= 15 is 0 Å². The van der Waals surface area contributed by atoms with Crippen molar-refractivity contribution in [3.63, 3.8) is 0 Å². The van der Waals surface area contributed by atoms with Crippen molar-refractivity contribution in [1.82, 2.24) is 5.32 Å². The summed E-state index contributed by atoms with van der Waals surface area (Å²) < 4.78 is 0. The predicted octanol–water partition coefficient (Wildman–Crippen LogP) is 5.78. The summed E-state index contributed by atoms with van der Waals surface area (Å²) >= 11 is 2.18. The van der Waals surface area contributed by atoms with Crippen LogP contribution in [0.4, 0.5) is 0 Å². The maximum Gasteiger partial charge on any atom is 0.0201 e. The Balaban J connectivity index is 2.36. The number of rotatable bonds is 12. The summed E-state index contributed by atoms with van der Waals surface area (Å²) in [6, 6.07) is 1.59. The molecular weight excluding hydrogens is 262 g/mol. The fraction of sp³-hybridized carbons (Fsp3) is 1.00. The van der Waals surface area contributed by atoms with Gasteiger partial charge < -0.3 is 5.32 Å². The minimum atomic E-state index is 0.788. The number of nitrogens with one attached hydrogen (secondary N) is 1. The van der Waals surface area contributed by atoms with Crippen LogP contribution < -0.4 is 5.32 Å². The summed E-state index contributed by atoms with van der Waals surface area (Å²) in [7, 11) is 0. The van der Waals surface area contributed by atoms with Gasteiger partial charge in [-0.1, -0.05) is 65.7 Å². The molecule has 0 aromatic heterocycles. The Hall–Kier alpha value is 0.310. The van der Waals surface area contributed by atoms with Crippen molar-refractivity contribution in [1.29, 1.82) is 0 Å². The molecule has 0 spiro atoms. The van der Waals surface area contributed by atoms with Gasteiger partial charge >= 0.3 is 0 Å². The third kappa shape index (κ3) is 7.36. The molecule has 120 valence electrons. The highest BCUT2D eigenvalue weighted by Crippen LogP contribution is 2.30. The van der Waals surface area contributed by atoms with Crippen molar-refractivity contribution in [2.45, 2.75) is 109 Å². The Labute approximate surface area is 132 Å². The smallest absolute Gasteiger partial charge is 0.0201 e. The molecule has 20 heavy (non-hydrogen) atoms. The van der Waals surface area contributed by atoms with E-state index in [4.69, 9.17) is 0 Å². The van der Waals surface area contributed by atoms with Crippen molar-refractivity contribution < 1.29 is 0 Å². The highest BCUT2D eigenvalue weighted by Gasteiger charge is 2.28. The third-order valence-corrected chi connectivity index (χ3v) is 5.92. The van der Waals surface area contributed by atoms with Crippen molar-refractivity contribution in [3.05, 3.63) is 0 Å². The maximum atomic E-state index is 4.05. The quantitative estimate of drug-likeness (QED) is 0.458. The Kier molecular flexibility index (Phi) is 10.9. The Morgan fingerprint density at radius 1 is 0.950 bits per heavy atom. The second kappa shape index (κ2) is 11.9. The lowest BCUT2D eigenvalue weighted by Crippen LogP contribution is -2.41. The molecule has 2 unspecified atom stereocenters. The molecule has 0 amide bonds. The first kappa shape index (κ1) is 18.4. The van der Waals surface area contributed by atoms with Crippen LogP contribution >= 0.6 is 11.8 Å². The summed E-state index contributed by atoms with van der Waals surface area (Å²) in [6.07, 6.45) is 15.4. The van der Waals surface area contributed by atoms with Gasteiger partial charge in [-0.15, -0.1) is 0 Å². The standard InChI is InChI=1S/C18H37NS/c1-4-7-9-12-16(13-10-8-5-2)19-17-14-11-15-18(17)20-6-3/h16-19H,4-15H2,1-3H3. The number of hydrogen-bond acceptors (Lipinski definition) is 2. The van der Waals surface area contributed by atoms with Crippen molar-refractivity contribution in [3.8, 4) is 0 Å². The summed E-state index contributed by atoms with van der Waals surface area (Å²) in [5.74, 6) is 1.28. The molecular formula is C18H37NS. The van der Waals surface area contributed by atoms with Crippen LogP contribution in [-0.2, 0) is 0 Å². The van der Waals surface area contributed by atoms with Crippen LogP contribution in [0.15, 0.2) is 0 Å². The van der Waals surface area contributed by atoms with E-state index in [1.165, 1.54) is 76.4 Å². The largest absolute Gasteiger partial charge is 0.310 e. The average Bonchev–Trinajstić information content (AvgIpc) is 2.87. The summed E-state index contributed by atoms with van der Waals surface area (Å²) in [4.78, 5) is 0. The molecule has 1 aliphatic carbocycles. The first-order valence-corrected chi connectivity index (χ1v) is 10.2. The maximum absolute atomic E-state index is 4.05. The van der Waals surface area contributed by atoms with Crippen LogP contribution in [0, 0.1) is 0 Å². The fourth-order valence-electron chi connectivity index (χ4n) is 3.43. The number of hydrogen-bond donors (Lipinski definition) is 1. The molecule has 0 radical (unpaired) electrons. The average molecular weight is 300 g/mol. The molecule has 1 N–H and O–H groups in total. The molecule has 2 atom stereocenters. The van der Waals surface area contributed by atoms with E-state index < -0.39 is 0 Å². The zero-order valence-corrected chi connectivity index (χ0v) is 14.9. The molecule has 2 heteroatoms. The normalized spacial score (nSPS) is 22.8. The SMILES string of the molecule is CCCCCC(CCCCC)NC1CCCC1SCC. The minimum absolute atomic E-state index is 0.788. The Morgan fingerprint density at radius 3 is 2.15 bits per heavy atom. The Morgan fingerprint density at radius 2 is 1.60 bits per heavy atom. The van der Waals surface area contributed by atoms with Gasteiger partial charge in [0.2, 0.25) is 0 Å². The van der Waals surface area contributed by atoms with Gasteiger partial charge in [0, 0.05) is 17.3 Å². The summed E-state index contributed by atoms with van der Waals surface area (Å²) in [5, 5.41) is 4.94. The number of unbranched alkanes of at least 4 members (excludes halogenated alkanes) is 4. The second-order valence-corrected chi connectivity index (χ2v) is 7.90. The lowest BCUT2D eigenvalue weighted by atomic mass is 10.0. The van der Waals surface area contributed by atoms with Crippen LogP contribution in [0.2, 0.25) is 0 Å². The topological polar surface area (TPSA) is 12.0 Å². The van der Waals surface area contributed by atoms with Crippen LogP contribution in [0.5, 0.6) is 0 Å².